The summed E-state index contributed by atoms with van der Waals surface area (Å²) in [6, 6.07) is 6.06. The van der Waals surface area contributed by atoms with Crippen LogP contribution in [0.15, 0.2) is 29.4 Å². The van der Waals surface area contributed by atoms with Gasteiger partial charge in [0.1, 0.15) is 11.4 Å². The van der Waals surface area contributed by atoms with Crippen molar-refractivity contribution in [2.24, 2.45) is 4.99 Å². The molecule has 1 heterocycles. The molecule has 0 aliphatic heterocycles. The van der Waals surface area contributed by atoms with Crippen LogP contribution in [0.2, 0.25) is 0 Å². The predicted octanol–water partition coefficient (Wildman–Crippen LogP) is 3.20. The summed E-state index contributed by atoms with van der Waals surface area (Å²) in [5, 5.41) is 0.854. The summed E-state index contributed by atoms with van der Waals surface area (Å²) in [5.74, 6) is 0.718. The van der Waals surface area contributed by atoms with Crippen LogP contribution >= 0.6 is 0 Å². The van der Waals surface area contributed by atoms with Crippen molar-refractivity contribution >= 4 is 22.7 Å². The van der Waals surface area contributed by atoms with E-state index in [1.165, 1.54) is 0 Å². The van der Waals surface area contributed by atoms with E-state index in [0.717, 1.165) is 16.7 Å². The standard InChI is InChI=1S/C13H14N2O2/c1-9(2)15-7-10(14-8-16)13-11(15)5-4-6-12(13)17-3/h4-7,9H,1-3H3. The number of fused-ring (bicyclic) bond motifs is 1. The Balaban J connectivity index is 2.85. The van der Waals surface area contributed by atoms with Gasteiger partial charge in [0.15, 0.2) is 0 Å². The first-order chi connectivity index (χ1) is 8.19. The van der Waals surface area contributed by atoms with Gasteiger partial charge in [-0.1, -0.05) is 6.07 Å². The quantitative estimate of drug-likeness (QED) is 0.600. The molecule has 0 amide bonds. The van der Waals surface area contributed by atoms with Gasteiger partial charge in [0.05, 0.1) is 18.0 Å². The van der Waals surface area contributed by atoms with Crippen molar-refractivity contribution in [3.05, 3.63) is 24.4 Å². The zero-order valence-corrected chi connectivity index (χ0v) is 10.1. The Bertz CT molecular complexity index is 593. The van der Waals surface area contributed by atoms with E-state index in [1.807, 2.05) is 24.4 Å². The maximum atomic E-state index is 10.5. The highest BCUT2D eigenvalue weighted by Crippen LogP contribution is 2.37. The minimum atomic E-state index is 0.292. The highest BCUT2D eigenvalue weighted by molar-refractivity contribution is 5.97. The summed E-state index contributed by atoms with van der Waals surface area (Å²) in [4.78, 5) is 14.2. The maximum absolute atomic E-state index is 10.5. The van der Waals surface area contributed by atoms with Crippen LogP contribution in [-0.2, 0) is 4.79 Å². The van der Waals surface area contributed by atoms with Gasteiger partial charge in [-0.2, -0.15) is 4.99 Å². The van der Waals surface area contributed by atoms with E-state index < -0.39 is 0 Å². The number of aliphatic imine (C=N–C) groups is 1. The molecule has 0 N–H and O–H groups in total. The Hall–Kier alpha value is -2.06. The molecule has 0 radical (unpaired) electrons. The number of rotatable bonds is 3. The number of carbonyl (C=O) groups excluding carboxylic acids is 1. The Kier molecular flexibility index (Phi) is 2.98. The molecule has 4 heteroatoms. The molecule has 0 aliphatic rings. The van der Waals surface area contributed by atoms with Crippen molar-refractivity contribution < 1.29 is 9.53 Å². The van der Waals surface area contributed by atoms with Crippen LogP contribution < -0.4 is 4.74 Å². The molecule has 17 heavy (non-hydrogen) atoms. The van der Waals surface area contributed by atoms with Gasteiger partial charge in [0.2, 0.25) is 6.08 Å². The summed E-state index contributed by atoms with van der Waals surface area (Å²) >= 11 is 0. The third kappa shape index (κ3) is 1.83. The van der Waals surface area contributed by atoms with E-state index in [2.05, 4.69) is 23.4 Å². The van der Waals surface area contributed by atoms with Gasteiger partial charge >= 0.3 is 0 Å². The number of hydrogen-bond acceptors (Lipinski definition) is 3. The van der Waals surface area contributed by atoms with Gasteiger partial charge in [0.25, 0.3) is 0 Å². The lowest BCUT2D eigenvalue weighted by molar-refractivity contribution is 0.420. The number of ether oxygens (including phenoxy) is 1. The summed E-state index contributed by atoms with van der Waals surface area (Å²) in [5.41, 5.74) is 1.61. The molecule has 0 bridgehead atoms. The normalized spacial score (nSPS) is 10.6. The fourth-order valence-corrected chi connectivity index (χ4v) is 1.99. The molecule has 2 aromatic rings. The van der Waals surface area contributed by atoms with Crippen molar-refractivity contribution in [2.75, 3.05) is 7.11 Å². The molecule has 88 valence electrons. The Labute approximate surface area is 99.5 Å². The van der Waals surface area contributed by atoms with E-state index in [0.29, 0.717) is 11.7 Å². The first kappa shape index (κ1) is 11.4. The topological polar surface area (TPSA) is 43.6 Å². The first-order valence-corrected chi connectivity index (χ1v) is 5.44. The lowest BCUT2D eigenvalue weighted by Crippen LogP contribution is -1.97. The molecular weight excluding hydrogens is 216 g/mol. The fraction of sp³-hybridized carbons (Fsp3) is 0.308. The second kappa shape index (κ2) is 4.44. The van der Waals surface area contributed by atoms with Crippen molar-refractivity contribution in [1.82, 2.24) is 4.57 Å². The van der Waals surface area contributed by atoms with E-state index in [9.17, 15) is 4.79 Å². The Morgan fingerprint density at radius 1 is 1.41 bits per heavy atom. The highest BCUT2D eigenvalue weighted by atomic mass is 16.5. The molecule has 2 rings (SSSR count). The summed E-state index contributed by atoms with van der Waals surface area (Å²) < 4.78 is 7.37. The molecule has 0 saturated carbocycles. The Morgan fingerprint density at radius 2 is 2.18 bits per heavy atom. The van der Waals surface area contributed by atoms with Gasteiger partial charge in [0, 0.05) is 12.2 Å². The van der Waals surface area contributed by atoms with Gasteiger partial charge in [-0.05, 0) is 26.0 Å². The minimum absolute atomic E-state index is 0.292. The number of methoxy groups -OCH3 is 1. The molecule has 0 unspecified atom stereocenters. The van der Waals surface area contributed by atoms with Crippen molar-refractivity contribution in [1.29, 1.82) is 0 Å². The van der Waals surface area contributed by atoms with Crippen LogP contribution in [0.1, 0.15) is 19.9 Å². The smallest absolute Gasteiger partial charge is 0.240 e. The largest absolute Gasteiger partial charge is 0.496 e. The van der Waals surface area contributed by atoms with E-state index >= 15 is 0 Å². The summed E-state index contributed by atoms with van der Waals surface area (Å²) in [6.07, 6.45) is 3.44. The van der Waals surface area contributed by atoms with Gasteiger partial charge in [-0.25, -0.2) is 4.79 Å². The number of isocyanates is 1. The first-order valence-electron chi connectivity index (χ1n) is 5.44. The van der Waals surface area contributed by atoms with Crippen LogP contribution in [0.25, 0.3) is 10.9 Å². The molecule has 1 aromatic carbocycles. The zero-order chi connectivity index (χ0) is 12.4. The molecule has 4 nitrogen and oxygen atoms in total. The minimum Gasteiger partial charge on any atom is -0.496 e. The highest BCUT2D eigenvalue weighted by Gasteiger charge is 2.13. The van der Waals surface area contributed by atoms with Gasteiger partial charge in [-0.15, -0.1) is 0 Å². The molecule has 1 aromatic heterocycles. The lowest BCUT2D eigenvalue weighted by atomic mass is 10.2. The molecular formula is C13H14N2O2. The second-order valence-corrected chi connectivity index (χ2v) is 4.07. The van der Waals surface area contributed by atoms with Crippen molar-refractivity contribution in [3.8, 4) is 5.75 Å². The Morgan fingerprint density at radius 3 is 2.76 bits per heavy atom. The number of nitrogens with zero attached hydrogens (tertiary/aromatic N) is 2. The van der Waals surface area contributed by atoms with E-state index in [-0.39, 0.29) is 0 Å². The number of benzene rings is 1. The average Bonchev–Trinajstić information content (AvgIpc) is 2.69. The summed E-state index contributed by atoms with van der Waals surface area (Å²) in [7, 11) is 1.61. The van der Waals surface area contributed by atoms with E-state index in [4.69, 9.17) is 4.74 Å². The fourth-order valence-electron chi connectivity index (χ4n) is 1.99. The van der Waals surface area contributed by atoms with Gasteiger partial charge < -0.3 is 9.30 Å². The summed E-state index contributed by atoms with van der Waals surface area (Å²) in [6.45, 7) is 4.15. The van der Waals surface area contributed by atoms with Crippen LogP contribution in [0.5, 0.6) is 5.75 Å². The monoisotopic (exact) mass is 230 g/mol. The molecule has 0 saturated heterocycles. The SMILES string of the molecule is COc1cccc2c1c(N=C=O)cn2C(C)C. The third-order valence-electron chi connectivity index (χ3n) is 2.74. The zero-order valence-electron chi connectivity index (χ0n) is 10.1. The molecule has 0 aliphatic carbocycles. The van der Waals surface area contributed by atoms with Crippen LogP contribution in [0.4, 0.5) is 5.69 Å². The van der Waals surface area contributed by atoms with Crippen molar-refractivity contribution in [3.63, 3.8) is 0 Å². The predicted molar refractivity (Wildman–Crippen MR) is 66.7 cm³/mol. The maximum Gasteiger partial charge on any atom is 0.240 e. The average molecular weight is 230 g/mol. The van der Waals surface area contributed by atoms with E-state index in [1.54, 1.807) is 13.2 Å². The second-order valence-electron chi connectivity index (χ2n) is 4.07. The molecule has 0 spiro atoms. The van der Waals surface area contributed by atoms with Crippen LogP contribution in [0.3, 0.4) is 0 Å². The molecule has 0 fully saturated rings. The number of aromatic nitrogens is 1. The van der Waals surface area contributed by atoms with Crippen LogP contribution in [-0.4, -0.2) is 17.8 Å². The third-order valence-corrected chi connectivity index (χ3v) is 2.74. The van der Waals surface area contributed by atoms with Crippen LogP contribution in [0, 0.1) is 0 Å². The molecule has 0 atom stereocenters. The number of hydrogen-bond donors (Lipinski definition) is 0. The lowest BCUT2D eigenvalue weighted by Gasteiger charge is -2.09. The van der Waals surface area contributed by atoms with Gasteiger partial charge in [-0.3, -0.25) is 0 Å². The van der Waals surface area contributed by atoms with Crippen molar-refractivity contribution in [2.45, 2.75) is 19.9 Å².